The molecule has 102 valence electrons. The molecule has 0 heterocycles. The second-order valence-corrected chi connectivity index (χ2v) is 5.51. The molecule has 0 saturated carbocycles. The van der Waals surface area contributed by atoms with E-state index in [0.29, 0.717) is 12.1 Å². The summed E-state index contributed by atoms with van der Waals surface area (Å²) in [5, 5.41) is 0. The van der Waals surface area contributed by atoms with Crippen LogP contribution in [0.2, 0.25) is 0 Å². The van der Waals surface area contributed by atoms with Crippen LogP contribution in [-0.4, -0.2) is 15.0 Å². The summed E-state index contributed by atoms with van der Waals surface area (Å²) >= 11 is 0. The Kier molecular flexibility index (Phi) is 4.06. The highest BCUT2D eigenvalue weighted by atomic mass is 35.7. The highest BCUT2D eigenvalue weighted by Gasteiger charge is 2.33. The number of halogens is 6. The number of rotatable bonds is 3. The second kappa shape index (κ2) is 4.88. The molecule has 3 nitrogen and oxygen atoms in total. The maximum Gasteiger partial charge on any atom is 0.416 e. The van der Waals surface area contributed by atoms with Crippen molar-refractivity contribution >= 4 is 19.7 Å². The Labute approximate surface area is 103 Å². The Balaban J connectivity index is 3.40. The largest absolute Gasteiger partial charge is 0.433 e. The second-order valence-electron chi connectivity index (χ2n) is 2.98. The first-order chi connectivity index (χ1) is 8.01. The first-order valence-electron chi connectivity index (χ1n) is 4.12. The van der Waals surface area contributed by atoms with Crippen molar-refractivity contribution in [1.29, 1.82) is 0 Å². The summed E-state index contributed by atoms with van der Waals surface area (Å²) < 4.78 is 86.6. The van der Waals surface area contributed by atoms with Crippen LogP contribution in [-0.2, 0) is 15.2 Å². The normalized spacial score (nSPS) is 12.8. The van der Waals surface area contributed by atoms with Crippen LogP contribution in [0.15, 0.2) is 23.1 Å². The molecule has 18 heavy (non-hydrogen) atoms. The van der Waals surface area contributed by atoms with Crippen LogP contribution in [0.1, 0.15) is 5.56 Å². The molecule has 1 aromatic carbocycles. The molecule has 0 atom stereocenters. The lowest BCUT2D eigenvalue weighted by Gasteiger charge is -2.12. The van der Waals surface area contributed by atoms with Crippen LogP contribution in [0.4, 0.5) is 22.0 Å². The molecule has 0 saturated heterocycles. The first kappa shape index (κ1) is 15.0. The van der Waals surface area contributed by atoms with Crippen molar-refractivity contribution in [2.75, 3.05) is 0 Å². The summed E-state index contributed by atoms with van der Waals surface area (Å²) in [4.78, 5) is -1.17. The number of hydrogen-bond acceptors (Lipinski definition) is 3. The Bertz CT molecular complexity index is 540. The molecule has 0 aliphatic heterocycles. The Morgan fingerprint density at radius 3 is 2.17 bits per heavy atom. The van der Waals surface area contributed by atoms with Gasteiger partial charge in [-0.2, -0.15) is 22.0 Å². The van der Waals surface area contributed by atoms with Gasteiger partial charge in [-0.3, -0.25) is 0 Å². The van der Waals surface area contributed by atoms with Crippen LogP contribution in [0.3, 0.4) is 0 Å². The third-order valence-electron chi connectivity index (χ3n) is 1.75. The van der Waals surface area contributed by atoms with Crippen LogP contribution in [0.5, 0.6) is 5.75 Å². The van der Waals surface area contributed by atoms with Crippen molar-refractivity contribution in [2.24, 2.45) is 0 Å². The van der Waals surface area contributed by atoms with E-state index in [1.807, 2.05) is 0 Å². The van der Waals surface area contributed by atoms with Crippen LogP contribution >= 0.6 is 10.7 Å². The highest BCUT2D eigenvalue weighted by Crippen LogP contribution is 2.36. The SMILES string of the molecule is O=S(=O)(Cl)c1cc(C(F)(F)F)ccc1OC(F)F. The Morgan fingerprint density at radius 2 is 1.78 bits per heavy atom. The third kappa shape index (κ3) is 3.70. The summed E-state index contributed by atoms with van der Waals surface area (Å²) in [5.41, 5.74) is -1.34. The fourth-order valence-electron chi connectivity index (χ4n) is 1.07. The zero-order valence-corrected chi connectivity index (χ0v) is 9.78. The smallest absolute Gasteiger partial charge is 0.416 e. The molecular formula is C8H4ClF5O3S. The first-order valence-corrected chi connectivity index (χ1v) is 6.43. The van der Waals surface area contributed by atoms with Crippen molar-refractivity contribution in [3.8, 4) is 5.75 Å². The topological polar surface area (TPSA) is 43.4 Å². The fraction of sp³-hybridized carbons (Fsp3) is 0.250. The fourth-order valence-corrected chi connectivity index (χ4v) is 2.05. The molecule has 0 unspecified atom stereocenters. The van der Waals surface area contributed by atoms with Gasteiger partial charge in [0.1, 0.15) is 10.6 Å². The molecule has 0 bridgehead atoms. The molecule has 0 amide bonds. The Morgan fingerprint density at radius 1 is 1.22 bits per heavy atom. The molecule has 1 aromatic rings. The predicted octanol–water partition coefficient (Wildman–Crippen LogP) is 3.23. The van der Waals surface area contributed by atoms with E-state index in [1.54, 1.807) is 0 Å². The van der Waals surface area contributed by atoms with Crippen molar-refractivity contribution < 1.29 is 35.1 Å². The molecule has 0 radical (unpaired) electrons. The van der Waals surface area contributed by atoms with E-state index in [1.165, 1.54) is 0 Å². The van der Waals surface area contributed by atoms with Crippen LogP contribution < -0.4 is 4.74 Å². The zero-order valence-electron chi connectivity index (χ0n) is 8.21. The van der Waals surface area contributed by atoms with E-state index < -0.39 is 38.0 Å². The zero-order chi connectivity index (χ0) is 14.1. The van der Waals surface area contributed by atoms with E-state index in [-0.39, 0.29) is 6.07 Å². The maximum atomic E-state index is 12.3. The molecule has 0 aliphatic carbocycles. The van der Waals surface area contributed by atoms with Crippen molar-refractivity contribution in [3.63, 3.8) is 0 Å². The number of ether oxygens (including phenoxy) is 1. The molecule has 0 N–H and O–H groups in total. The summed E-state index contributed by atoms with van der Waals surface area (Å²) in [5.74, 6) is -0.951. The Hall–Kier alpha value is -1.09. The summed E-state index contributed by atoms with van der Waals surface area (Å²) in [6.07, 6.45) is -4.83. The van der Waals surface area contributed by atoms with Crippen molar-refractivity contribution in [1.82, 2.24) is 0 Å². The summed E-state index contributed by atoms with van der Waals surface area (Å²) in [6.45, 7) is -3.39. The molecule has 0 fully saturated rings. The van der Waals surface area contributed by atoms with Gasteiger partial charge in [-0.05, 0) is 18.2 Å². The van der Waals surface area contributed by atoms with Gasteiger partial charge in [-0.25, -0.2) is 8.42 Å². The van der Waals surface area contributed by atoms with Crippen molar-refractivity contribution in [3.05, 3.63) is 23.8 Å². The minimum atomic E-state index is -4.83. The quantitative estimate of drug-likeness (QED) is 0.636. The average molecular weight is 311 g/mol. The third-order valence-corrected chi connectivity index (χ3v) is 3.09. The van der Waals surface area contributed by atoms with Gasteiger partial charge in [-0.1, -0.05) is 0 Å². The minimum Gasteiger partial charge on any atom is -0.433 e. The van der Waals surface area contributed by atoms with E-state index >= 15 is 0 Å². The van der Waals surface area contributed by atoms with Gasteiger partial charge in [-0.15, -0.1) is 0 Å². The lowest BCUT2D eigenvalue weighted by Crippen LogP contribution is -2.09. The van der Waals surface area contributed by atoms with E-state index in [0.717, 1.165) is 0 Å². The molecule has 10 heteroatoms. The van der Waals surface area contributed by atoms with Gasteiger partial charge in [0.15, 0.2) is 0 Å². The number of benzene rings is 1. The minimum absolute atomic E-state index is 0.125. The van der Waals surface area contributed by atoms with Crippen LogP contribution in [0, 0.1) is 0 Å². The number of alkyl halides is 5. The molecule has 1 rings (SSSR count). The van der Waals surface area contributed by atoms with E-state index in [4.69, 9.17) is 10.7 Å². The van der Waals surface area contributed by atoms with Gasteiger partial charge < -0.3 is 4.74 Å². The standard InChI is InChI=1S/C8H4ClF5O3S/c9-18(15,16)6-3-4(8(12,13)14)1-2-5(6)17-7(10)11/h1-3,7H. The molecule has 0 aromatic heterocycles. The highest BCUT2D eigenvalue weighted by molar-refractivity contribution is 8.13. The number of hydrogen-bond donors (Lipinski definition) is 0. The average Bonchev–Trinajstić information content (AvgIpc) is 2.13. The van der Waals surface area contributed by atoms with E-state index in [2.05, 4.69) is 4.74 Å². The van der Waals surface area contributed by atoms with Crippen LogP contribution in [0.25, 0.3) is 0 Å². The lowest BCUT2D eigenvalue weighted by molar-refractivity contribution is -0.137. The van der Waals surface area contributed by atoms with E-state index in [9.17, 15) is 30.4 Å². The molecule has 0 aliphatic rings. The van der Waals surface area contributed by atoms with Gasteiger partial charge in [0.25, 0.3) is 9.05 Å². The van der Waals surface area contributed by atoms with Gasteiger partial charge in [0.2, 0.25) is 0 Å². The van der Waals surface area contributed by atoms with Gasteiger partial charge >= 0.3 is 12.8 Å². The van der Waals surface area contributed by atoms with Gasteiger partial charge in [0, 0.05) is 10.7 Å². The summed E-state index contributed by atoms with van der Waals surface area (Å²) in [7, 11) is 0.201. The van der Waals surface area contributed by atoms with Crippen molar-refractivity contribution in [2.45, 2.75) is 17.7 Å². The summed E-state index contributed by atoms with van der Waals surface area (Å²) in [6, 6.07) is 0.994. The monoisotopic (exact) mass is 310 g/mol. The molecule has 0 spiro atoms. The predicted molar refractivity (Wildman–Crippen MR) is 51.1 cm³/mol. The molecular weight excluding hydrogens is 307 g/mol. The lowest BCUT2D eigenvalue weighted by atomic mass is 10.2. The van der Waals surface area contributed by atoms with Gasteiger partial charge in [0.05, 0.1) is 5.56 Å². The maximum absolute atomic E-state index is 12.3.